The number of aromatic nitrogens is 2. The van der Waals surface area contributed by atoms with Crippen LogP contribution >= 0.6 is 11.8 Å². The molecule has 1 amide bonds. The molecular weight excluding hydrogens is 427 g/mol. The topological polar surface area (TPSA) is 86.4 Å². The monoisotopic (exact) mass is 448 g/mol. The highest BCUT2D eigenvalue weighted by molar-refractivity contribution is 7.99. The Bertz CT molecular complexity index is 1190. The minimum Gasteiger partial charge on any atom is -0.339 e. The van der Waals surface area contributed by atoms with E-state index in [0.29, 0.717) is 18.2 Å². The standard InChI is InChI=1S/C20H21FN4O3S2/c1-14-5-6-17-18(11-14)23-20(22-17)29-13-19(26)24-7-9-25(10-8-24)30(27,28)16-4-2-3-15(21)12-16/h2-6,11-12H,7-10,13H2,1H3,(H,22,23). The van der Waals surface area contributed by atoms with Gasteiger partial charge in [0.05, 0.1) is 21.7 Å². The molecule has 0 unspecified atom stereocenters. The van der Waals surface area contributed by atoms with Crippen molar-refractivity contribution in [2.45, 2.75) is 17.0 Å². The summed E-state index contributed by atoms with van der Waals surface area (Å²) in [6.07, 6.45) is 0. The summed E-state index contributed by atoms with van der Waals surface area (Å²) in [7, 11) is -3.77. The van der Waals surface area contributed by atoms with Crippen LogP contribution < -0.4 is 0 Å². The molecule has 1 N–H and O–H groups in total. The summed E-state index contributed by atoms with van der Waals surface area (Å²) in [5.74, 6) is -0.447. The molecule has 10 heteroatoms. The van der Waals surface area contributed by atoms with Gasteiger partial charge in [0.25, 0.3) is 0 Å². The van der Waals surface area contributed by atoms with Crippen molar-refractivity contribution in [3.8, 4) is 0 Å². The molecule has 0 radical (unpaired) electrons. The zero-order valence-electron chi connectivity index (χ0n) is 16.3. The first-order chi connectivity index (χ1) is 14.3. The highest BCUT2D eigenvalue weighted by Gasteiger charge is 2.30. The van der Waals surface area contributed by atoms with E-state index in [-0.39, 0.29) is 29.6 Å². The Hall–Kier alpha value is -2.43. The smallest absolute Gasteiger partial charge is 0.243 e. The number of carbonyl (C=O) groups is 1. The Morgan fingerprint density at radius 1 is 1.17 bits per heavy atom. The van der Waals surface area contributed by atoms with Crippen LogP contribution in [0.3, 0.4) is 0 Å². The summed E-state index contributed by atoms with van der Waals surface area (Å²) in [4.78, 5) is 21.8. The molecule has 2 aromatic carbocycles. The van der Waals surface area contributed by atoms with Crippen LogP contribution in [0, 0.1) is 12.7 Å². The average molecular weight is 449 g/mol. The lowest BCUT2D eigenvalue weighted by atomic mass is 10.2. The van der Waals surface area contributed by atoms with E-state index in [9.17, 15) is 17.6 Å². The van der Waals surface area contributed by atoms with Crippen LogP contribution in [-0.2, 0) is 14.8 Å². The fourth-order valence-electron chi connectivity index (χ4n) is 3.34. The molecular formula is C20H21FN4O3S2. The molecule has 0 aliphatic carbocycles. The van der Waals surface area contributed by atoms with Crippen molar-refractivity contribution in [2.24, 2.45) is 0 Å². The van der Waals surface area contributed by atoms with Crippen LogP contribution in [0.1, 0.15) is 5.56 Å². The summed E-state index contributed by atoms with van der Waals surface area (Å²) in [6.45, 7) is 2.96. The number of imidazole rings is 1. The Morgan fingerprint density at radius 2 is 1.93 bits per heavy atom. The minimum absolute atomic E-state index is 0.0700. The number of H-pyrrole nitrogens is 1. The molecule has 0 saturated carbocycles. The van der Waals surface area contributed by atoms with Crippen molar-refractivity contribution < 1.29 is 17.6 Å². The molecule has 0 spiro atoms. The fraction of sp³-hybridized carbons (Fsp3) is 0.300. The number of aromatic amines is 1. The van der Waals surface area contributed by atoms with E-state index in [0.717, 1.165) is 22.7 Å². The Morgan fingerprint density at radius 3 is 2.67 bits per heavy atom. The number of aryl methyl sites for hydroxylation is 1. The highest BCUT2D eigenvalue weighted by Crippen LogP contribution is 2.22. The first-order valence-electron chi connectivity index (χ1n) is 9.45. The number of fused-ring (bicyclic) bond motifs is 1. The van der Waals surface area contributed by atoms with Gasteiger partial charge < -0.3 is 9.88 Å². The van der Waals surface area contributed by atoms with Crippen LogP contribution in [0.25, 0.3) is 11.0 Å². The van der Waals surface area contributed by atoms with Gasteiger partial charge in [-0.25, -0.2) is 17.8 Å². The molecule has 1 aliphatic heterocycles. The zero-order valence-corrected chi connectivity index (χ0v) is 18.0. The highest BCUT2D eigenvalue weighted by atomic mass is 32.2. The third-order valence-corrected chi connectivity index (χ3v) is 7.73. The van der Waals surface area contributed by atoms with Gasteiger partial charge in [-0.3, -0.25) is 4.79 Å². The molecule has 1 aliphatic rings. The first kappa shape index (κ1) is 20.8. The van der Waals surface area contributed by atoms with Gasteiger partial charge in [0.2, 0.25) is 15.9 Å². The number of carbonyl (C=O) groups excluding carboxylic acids is 1. The zero-order chi connectivity index (χ0) is 21.3. The van der Waals surface area contributed by atoms with Crippen molar-refractivity contribution in [3.05, 3.63) is 53.8 Å². The number of sulfonamides is 1. The van der Waals surface area contributed by atoms with Crippen LogP contribution in [0.5, 0.6) is 0 Å². The molecule has 1 saturated heterocycles. The van der Waals surface area contributed by atoms with Gasteiger partial charge >= 0.3 is 0 Å². The van der Waals surface area contributed by atoms with Crippen molar-refractivity contribution >= 4 is 38.7 Å². The summed E-state index contributed by atoms with van der Waals surface area (Å²) >= 11 is 1.33. The average Bonchev–Trinajstić information content (AvgIpc) is 3.14. The summed E-state index contributed by atoms with van der Waals surface area (Å²) < 4.78 is 40.0. The van der Waals surface area contributed by atoms with Gasteiger partial charge in [0.1, 0.15) is 5.82 Å². The lowest BCUT2D eigenvalue weighted by molar-refractivity contribution is -0.129. The quantitative estimate of drug-likeness (QED) is 0.607. The van der Waals surface area contributed by atoms with Gasteiger partial charge in [0, 0.05) is 26.2 Å². The van der Waals surface area contributed by atoms with Crippen LogP contribution in [0.4, 0.5) is 4.39 Å². The number of thioether (sulfide) groups is 1. The molecule has 158 valence electrons. The number of halogens is 1. The lowest BCUT2D eigenvalue weighted by Crippen LogP contribution is -2.50. The van der Waals surface area contributed by atoms with Crippen LogP contribution in [0.2, 0.25) is 0 Å². The van der Waals surface area contributed by atoms with Crippen LogP contribution in [0.15, 0.2) is 52.5 Å². The molecule has 1 fully saturated rings. The Kier molecular flexibility index (Phi) is 5.81. The van der Waals surface area contributed by atoms with Crippen molar-refractivity contribution in [3.63, 3.8) is 0 Å². The van der Waals surface area contributed by atoms with Crippen molar-refractivity contribution in [1.82, 2.24) is 19.2 Å². The van der Waals surface area contributed by atoms with Gasteiger partial charge in [-0.05, 0) is 42.8 Å². The number of nitrogens with zero attached hydrogens (tertiary/aromatic N) is 3. The Labute approximate surface area is 178 Å². The maximum atomic E-state index is 13.4. The molecule has 0 atom stereocenters. The summed E-state index contributed by atoms with van der Waals surface area (Å²) in [6, 6.07) is 10.9. The van der Waals surface area contributed by atoms with E-state index >= 15 is 0 Å². The number of rotatable bonds is 5. The van der Waals surface area contributed by atoms with E-state index in [1.807, 2.05) is 25.1 Å². The van der Waals surface area contributed by atoms with E-state index < -0.39 is 15.8 Å². The molecule has 7 nitrogen and oxygen atoms in total. The number of piperazine rings is 1. The van der Waals surface area contributed by atoms with E-state index in [1.165, 1.54) is 34.3 Å². The minimum atomic E-state index is -3.77. The van der Waals surface area contributed by atoms with Crippen molar-refractivity contribution in [1.29, 1.82) is 0 Å². The van der Waals surface area contributed by atoms with Crippen molar-refractivity contribution in [2.75, 3.05) is 31.9 Å². The molecule has 30 heavy (non-hydrogen) atoms. The molecule has 1 aromatic heterocycles. The maximum absolute atomic E-state index is 13.4. The Balaban J connectivity index is 1.33. The van der Waals surface area contributed by atoms with Gasteiger partial charge in [-0.2, -0.15) is 4.31 Å². The second-order valence-electron chi connectivity index (χ2n) is 7.09. The number of hydrogen-bond donors (Lipinski definition) is 1. The van der Waals surface area contributed by atoms with E-state index in [1.54, 1.807) is 4.90 Å². The summed E-state index contributed by atoms with van der Waals surface area (Å²) in [5.41, 5.74) is 2.91. The third kappa shape index (κ3) is 4.35. The molecule has 2 heterocycles. The number of nitrogens with one attached hydrogen (secondary N) is 1. The molecule has 0 bridgehead atoms. The van der Waals surface area contributed by atoms with E-state index in [2.05, 4.69) is 9.97 Å². The number of benzene rings is 2. The lowest BCUT2D eigenvalue weighted by Gasteiger charge is -2.34. The normalized spacial score (nSPS) is 15.6. The summed E-state index contributed by atoms with van der Waals surface area (Å²) in [5, 5.41) is 0.677. The number of hydrogen-bond acceptors (Lipinski definition) is 5. The van der Waals surface area contributed by atoms with Gasteiger partial charge in [0.15, 0.2) is 5.16 Å². The largest absolute Gasteiger partial charge is 0.339 e. The molecule has 4 rings (SSSR count). The molecule has 3 aromatic rings. The second-order valence-corrected chi connectivity index (χ2v) is 10.00. The predicted molar refractivity (Wildman–Crippen MR) is 113 cm³/mol. The first-order valence-corrected chi connectivity index (χ1v) is 11.9. The third-order valence-electron chi connectivity index (χ3n) is 4.97. The maximum Gasteiger partial charge on any atom is 0.243 e. The van der Waals surface area contributed by atoms with E-state index in [4.69, 9.17) is 0 Å². The van der Waals surface area contributed by atoms with Crippen LogP contribution in [-0.4, -0.2) is 65.4 Å². The number of amides is 1. The van der Waals surface area contributed by atoms with Gasteiger partial charge in [-0.1, -0.05) is 23.9 Å². The SMILES string of the molecule is Cc1ccc2nc(SCC(=O)N3CCN(S(=O)(=O)c4cccc(F)c4)CC3)[nH]c2c1. The fourth-order valence-corrected chi connectivity index (χ4v) is 5.59. The second kappa shape index (κ2) is 8.37. The van der Waals surface area contributed by atoms with Gasteiger partial charge in [-0.15, -0.1) is 0 Å². The predicted octanol–water partition coefficient (Wildman–Crippen LogP) is 2.64.